The number of phenols is 1. The van der Waals surface area contributed by atoms with Gasteiger partial charge in [-0.1, -0.05) is 44.2 Å². The number of aliphatic hydroxyl groups is 1. The van der Waals surface area contributed by atoms with Crippen molar-refractivity contribution in [3.8, 4) is 5.75 Å². The first-order valence-corrected chi connectivity index (χ1v) is 10.5. The number of hydrogen-bond acceptors (Lipinski definition) is 5. The molecular formula is C24H21NO4S. The van der Waals surface area contributed by atoms with Crippen molar-refractivity contribution in [1.82, 2.24) is 0 Å². The number of Topliss-reactive ketones (excluding diaryl/α,β-unsaturated/α-hetero) is 1. The Kier molecular flexibility index (Phi) is 5.18. The van der Waals surface area contributed by atoms with Crippen LogP contribution in [0.15, 0.2) is 77.4 Å². The van der Waals surface area contributed by atoms with Gasteiger partial charge in [0.25, 0.3) is 5.91 Å². The van der Waals surface area contributed by atoms with E-state index in [9.17, 15) is 19.8 Å². The molecule has 2 aromatic carbocycles. The second-order valence-corrected chi connectivity index (χ2v) is 8.44. The summed E-state index contributed by atoms with van der Waals surface area (Å²) in [6.45, 7) is 4.16. The number of phenolic OH excluding ortho intramolecular Hbond substituents is 1. The van der Waals surface area contributed by atoms with Crippen molar-refractivity contribution < 1.29 is 19.8 Å². The number of carbonyl (C=O) groups excluding carboxylic acids is 2. The molecule has 6 heteroatoms. The van der Waals surface area contributed by atoms with Crippen LogP contribution < -0.4 is 4.90 Å². The highest BCUT2D eigenvalue weighted by molar-refractivity contribution is 7.12. The van der Waals surface area contributed by atoms with E-state index in [1.54, 1.807) is 29.6 Å². The van der Waals surface area contributed by atoms with Gasteiger partial charge in [0.1, 0.15) is 5.75 Å². The molecule has 1 atom stereocenters. The minimum absolute atomic E-state index is 0.0148. The highest BCUT2D eigenvalue weighted by Crippen LogP contribution is 2.43. The summed E-state index contributed by atoms with van der Waals surface area (Å²) >= 11 is 1.25. The Morgan fingerprint density at radius 2 is 1.77 bits per heavy atom. The van der Waals surface area contributed by atoms with E-state index in [0.717, 1.165) is 5.56 Å². The third-order valence-electron chi connectivity index (χ3n) is 5.22. The number of nitrogens with zero attached hydrogens (tertiary/aromatic N) is 1. The summed E-state index contributed by atoms with van der Waals surface area (Å²) in [7, 11) is 0. The molecule has 0 saturated heterocycles. The molecular weight excluding hydrogens is 398 g/mol. The first-order chi connectivity index (χ1) is 14.4. The summed E-state index contributed by atoms with van der Waals surface area (Å²) in [6, 6.07) is 16.5. The molecule has 1 aromatic heterocycles. The Balaban J connectivity index is 1.85. The maximum Gasteiger partial charge on any atom is 0.294 e. The summed E-state index contributed by atoms with van der Waals surface area (Å²) in [4.78, 5) is 28.1. The predicted octanol–water partition coefficient (Wildman–Crippen LogP) is 5.36. The third kappa shape index (κ3) is 3.39. The first kappa shape index (κ1) is 19.9. The highest BCUT2D eigenvalue weighted by Gasteiger charge is 2.44. The number of ketones is 1. The van der Waals surface area contributed by atoms with Crippen LogP contribution in [0.25, 0.3) is 0 Å². The van der Waals surface area contributed by atoms with Gasteiger partial charge in [0.05, 0.1) is 16.5 Å². The van der Waals surface area contributed by atoms with Gasteiger partial charge in [0.15, 0.2) is 5.76 Å². The fraction of sp³-hybridized carbons (Fsp3) is 0.167. The smallest absolute Gasteiger partial charge is 0.294 e. The standard InChI is InChI=1S/C24H21NO4S/c1-14(2)15-8-10-17(11-9-15)25-21(16-5-3-6-18(26)13-16)20(23(28)24(25)29)22(27)19-7-4-12-30-19/h3-14,21,26,28H,1-2H3. The lowest BCUT2D eigenvalue weighted by molar-refractivity contribution is -0.117. The van der Waals surface area contributed by atoms with Crippen LogP contribution in [-0.4, -0.2) is 21.9 Å². The van der Waals surface area contributed by atoms with Crippen molar-refractivity contribution in [2.75, 3.05) is 4.90 Å². The minimum Gasteiger partial charge on any atom is -0.508 e. The Hall–Kier alpha value is -3.38. The van der Waals surface area contributed by atoms with E-state index in [-0.39, 0.29) is 11.3 Å². The molecule has 0 radical (unpaired) electrons. The van der Waals surface area contributed by atoms with Gasteiger partial charge < -0.3 is 10.2 Å². The number of thiophene rings is 1. The minimum atomic E-state index is -0.843. The number of hydrogen-bond donors (Lipinski definition) is 2. The van der Waals surface area contributed by atoms with Crippen LogP contribution >= 0.6 is 11.3 Å². The molecule has 0 fully saturated rings. The predicted molar refractivity (Wildman–Crippen MR) is 117 cm³/mol. The van der Waals surface area contributed by atoms with Gasteiger partial charge >= 0.3 is 0 Å². The summed E-state index contributed by atoms with van der Waals surface area (Å²) in [5, 5.41) is 22.5. The zero-order valence-corrected chi connectivity index (χ0v) is 17.4. The SMILES string of the molecule is CC(C)c1ccc(N2C(=O)C(O)=C(C(=O)c3cccs3)C2c2cccc(O)c2)cc1. The second-order valence-electron chi connectivity index (χ2n) is 7.49. The summed E-state index contributed by atoms with van der Waals surface area (Å²) in [6.07, 6.45) is 0. The van der Waals surface area contributed by atoms with Crippen molar-refractivity contribution in [2.45, 2.75) is 25.8 Å². The summed E-state index contributed by atoms with van der Waals surface area (Å²) in [5.41, 5.74) is 2.24. The molecule has 1 aliphatic rings. The highest BCUT2D eigenvalue weighted by atomic mass is 32.1. The molecule has 5 nitrogen and oxygen atoms in total. The van der Waals surface area contributed by atoms with E-state index in [0.29, 0.717) is 22.0 Å². The van der Waals surface area contributed by atoms with E-state index >= 15 is 0 Å². The van der Waals surface area contributed by atoms with Gasteiger partial charge in [-0.25, -0.2) is 0 Å². The van der Waals surface area contributed by atoms with Gasteiger partial charge in [0, 0.05) is 5.69 Å². The van der Waals surface area contributed by atoms with E-state index in [1.165, 1.54) is 28.4 Å². The number of aliphatic hydroxyl groups excluding tert-OH is 1. The van der Waals surface area contributed by atoms with E-state index in [1.807, 2.05) is 24.3 Å². The molecule has 0 aliphatic carbocycles. The zero-order valence-electron chi connectivity index (χ0n) is 16.6. The van der Waals surface area contributed by atoms with Crippen LogP contribution in [0.4, 0.5) is 5.69 Å². The summed E-state index contributed by atoms with van der Waals surface area (Å²) < 4.78 is 0. The number of rotatable bonds is 5. The summed E-state index contributed by atoms with van der Waals surface area (Å²) in [5.74, 6) is -1.25. The van der Waals surface area contributed by atoms with Crippen molar-refractivity contribution in [3.63, 3.8) is 0 Å². The van der Waals surface area contributed by atoms with Crippen molar-refractivity contribution in [1.29, 1.82) is 0 Å². The molecule has 1 unspecified atom stereocenters. The molecule has 1 amide bonds. The molecule has 0 spiro atoms. The molecule has 0 saturated carbocycles. The largest absolute Gasteiger partial charge is 0.508 e. The topological polar surface area (TPSA) is 77.8 Å². The average molecular weight is 420 g/mol. The second kappa shape index (κ2) is 7.80. The van der Waals surface area contributed by atoms with Crippen LogP contribution in [0.5, 0.6) is 5.75 Å². The van der Waals surface area contributed by atoms with Crippen LogP contribution in [0.1, 0.15) is 46.6 Å². The lowest BCUT2D eigenvalue weighted by Crippen LogP contribution is -2.31. The monoisotopic (exact) mass is 419 g/mol. The molecule has 3 aromatic rings. The molecule has 1 aliphatic heterocycles. The normalized spacial score (nSPS) is 16.6. The number of anilines is 1. The van der Waals surface area contributed by atoms with Crippen molar-refractivity contribution >= 4 is 28.7 Å². The van der Waals surface area contributed by atoms with Crippen LogP contribution in [0.3, 0.4) is 0 Å². The van der Waals surface area contributed by atoms with Gasteiger partial charge in [-0.15, -0.1) is 11.3 Å². The Bertz CT molecular complexity index is 1130. The van der Waals surface area contributed by atoms with Crippen molar-refractivity contribution in [2.24, 2.45) is 0 Å². The van der Waals surface area contributed by atoms with E-state index < -0.39 is 23.5 Å². The zero-order chi connectivity index (χ0) is 21.4. The molecule has 30 heavy (non-hydrogen) atoms. The Morgan fingerprint density at radius 1 is 1.03 bits per heavy atom. The van der Waals surface area contributed by atoms with Gasteiger partial charge in [-0.3, -0.25) is 14.5 Å². The molecule has 152 valence electrons. The van der Waals surface area contributed by atoms with E-state index in [4.69, 9.17) is 0 Å². The first-order valence-electron chi connectivity index (χ1n) is 9.62. The van der Waals surface area contributed by atoms with Crippen LogP contribution in [0.2, 0.25) is 0 Å². The van der Waals surface area contributed by atoms with E-state index in [2.05, 4.69) is 13.8 Å². The Labute approximate surface area is 178 Å². The quantitative estimate of drug-likeness (QED) is 0.546. The van der Waals surface area contributed by atoms with Gasteiger partial charge in [-0.2, -0.15) is 0 Å². The molecule has 4 rings (SSSR count). The Morgan fingerprint density at radius 3 is 2.37 bits per heavy atom. The van der Waals surface area contributed by atoms with Gasteiger partial charge in [0.2, 0.25) is 5.78 Å². The fourth-order valence-electron chi connectivity index (χ4n) is 3.67. The van der Waals surface area contributed by atoms with Crippen LogP contribution in [-0.2, 0) is 4.79 Å². The van der Waals surface area contributed by atoms with Crippen LogP contribution in [0, 0.1) is 0 Å². The number of amides is 1. The number of carbonyl (C=O) groups is 2. The number of aromatic hydroxyl groups is 1. The lowest BCUT2D eigenvalue weighted by Gasteiger charge is -2.27. The lowest BCUT2D eigenvalue weighted by atomic mass is 9.94. The fourth-order valence-corrected chi connectivity index (χ4v) is 4.35. The number of benzene rings is 2. The van der Waals surface area contributed by atoms with Gasteiger partial charge in [-0.05, 0) is 52.8 Å². The van der Waals surface area contributed by atoms with Crippen molar-refractivity contribution in [3.05, 3.63) is 93.4 Å². The maximum atomic E-state index is 13.2. The maximum absolute atomic E-state index is 13.2. The molecule has 2 N–H and O–H groups in total. The average Bonchev–Trinajstić information content (AvgIpc) is 3.35. The third-order valence-corrected chi connectivity index (χ3v) is 6.09. The molecule has 0 bridgehead atoms. The molecule has 2 heterocycles.